The molecule has 0 atom stereocenters. The standard InChI is InChI=1S/C10H14N4S/c1-7-9(5-12-14(7)3)10-13-8(4-11-2)6-15-10/h5-6,11H,4H2,1-3H3. The van der Waals surface area contributed by atoms with Gasteiger partial charge in [0.1, 0.15) is 5.01 Å². The van der Waals surface area contributed by atoms with Gasteiger partial charge in [-0.05, 0) is 14.0 Å². The van der Waals surface area contributed by atoms with Crippen LogP contribution in [0.1, 0.15) is 11.4 Å². The normalized spacial score (nSPS) is 10.9. The topological polar surface area (TPSA) is 42.7 Å². The molecule has 0 saturated carbocycles. The van der Waals surface area contributed by atoms with E-state index in [1.54, 1.807) is 11.3 Å². The van der Waals surface area contributed by atoms with Crippen molar-refractivity contribution in [1.82, 2.24) is 20.1 Å². The molecule has 5 heteroatoms. The molecule has 0 aliphatic carbocycles. The Bertz CT molecular complexity index is 458. The highest BCUT2D eigenvalue weighted by Gasteiger charge is 2.10. The largest absolute Gasteiger partial charge is 0.314 e. The fourth-order valence-electron chi connectivity index (χ4n) is 1.40. The molecule has 2 aromatic heterocycles. The van der Waals surface area contributed by atoms with E-state index in [2.05, 4.69) is 27.7 Å². The Morgan fingerprint density at radius 1 is 1.53 bits per heavy atom. The second-order valence-electron chi connectivity index (χ2n) is 3.44. The van der Waals surface area contributed by atoms with Gasteiger partial charge in [0.05, 0.1) is 17.5 Å². The summed E-state index contributed by atoms with van der Waals surface area (Å²) in [5.74, 6) is 0. The number of hydrogen-bond donors (Lipinski definition) is 1. The van der Waals surface area contributed by atoms with Crippen molar-refractivity contribution >= 4 is 11.3 Å². The molecular formula is C10H14N4S. The molecule has 0 aliphatic rings. The first-order valence-corrected chi connectivity index (χ1v) is 5.68. The molecule has 2 aromatic rings. The van der Waals surface area contributed by atoms with Gasteiger partial charge in [-0.1, -0.05) is 0 Å². The lowest BCUT2D eigenvalue weighted by molar-refractivity contribution is 0.740. The monoisotopic (exact) mass is 222 g/mol. The smallest absolute Gasteiger partial charge is 0.127 e. The van der Waals surface area contributed by atoms with Gasteiger partial charge >= 0.3 is 0 Å². The lowest BCUT2D eigenvalue weighted by Gasteiger charge is -1.95. The summed E-state index contributed by atoms with van der Waals surface area (Å²) in [7, 11) is 3.87. The van der Waals surface area contributed by atoms with E-state index < -0.39 is 0 Å². The molecule has 1 N–H and O–H groups in total. The van der Waals surface area contributed by atoms with Crippen LogP contribution in [0.2, 0.25) is 0 Å². The van der Waals surface area contributed by atoms with Gasteiger partial charge in [-0.25, -0.2) is 4.98 Å². The zero-order chi connectivity index (χ0) is 10.8. The summed E-state index contributed by atoms with van der Waals surface area (Å²) >= 11 is 1.67. The maximum atomic E-state index is 4.55. The molecule has 2 rings (SSSR count). The molecule has 0 amide bonds. The first kappa shape index (κ1) is 10.3. The fraction of sp³-hybridized carbons (Fsp3) is 0.400. The molecule has 0 saturated heterocycles. The van der Waals surface area contributed by atoms with Crippen molar-refractivity contribution in [1.29, 1.82) is 0 Å². The Kier molecular flexibility index (Phi) is 2.83. The summed E-state index contributed by atoms with van der Waals surface area (Å²) in [5, 5.41) is 10.4. The second-order valence-corrected chi connectivity index (χ2v) is 4.30. The number of rotatable bonds is 3. The predicted octanol–water partition coefficient (Wildman–Crippen LogP) is 1.57. The SMILES string of the molecule is CNCc1csc(-c2cnn(C)c2C)n1. The number of aryl methyl sites for hydroxylation is 1. The molecule has 80 valence electrons. The maximum absolute atomic E-state index is 4.55. The lowest BCUT2D eigenvalue weighted by Crippen LogP contribution is -2.04. The van der Waals surface area contributed by atoms with E-state index in [0.717, 1.165) is 28.5 Å². The zero-order valence-electron chi connectivity index (χ0n) is 9.11. The van der Waals surface area contributed by atoms with Gasteiger partial charge in [0.25, 0.3) is 0 Å². The number of aromatic nitrogens is 3. The van der Waals surface area contributed by atoms with E-state index in [1.165, 1.54) is 0 Å². The molecule has 0 aliphatic heterocycles. The van der Waals surface area contributed by atoms with Gasteiger partial charge < -0.3 is 5.32 Å². The molecule has 0 unspecified atom stereocenters. The summed E-state index contributed by atoms with van der Waals surface area (Å²) in [5.41, 5.74) is 3.37. The van der Waals surface area contributed by atoms with Crippen molar-refractivity contribution < 1.29 is 0 Å². The minimum absolute atomic E-state index is 0.815. The van der Waals surface area contributed by atoms with Crippen LogP contribution in [0, 0.1) is 6.92 Å². The van der Waals surface area contributed by atoms with Crippen LogP contribution in [-0.2, 0) is 13.6 Å². The van der Waals surface area contributed by atoms with Crippen LogP contribution in [0.15, 0.2) is 11.6 Å². The highest BCUT2D eigenvalue weighted by molar-refractivity contribution is 7.13. The van der Waals surface area contributed by atoms with Gasteiger partial charge in [-0.2, -0.15) is 5.10 Å². The highest BCUT2D eigenvalue weighted by atomic mass is 32.1. The third-order valence-corrected chi connectivity index (χ3v) is 3.30. The van der Waals surface area contributed by atoms with E-state index in [-0.39, 0.29) is 0 Å². The number of nitrogens with zero attached hydrogens (tertiary/aromatic N) is 3. The van der Waals surface area contributed by atoms with Gasteiger partial charge in [0.2, 0.25) is 0 Å². The van der Waals surface area contributed by atoms with Crippen molar-refractivity contribution in [3.63, 3.8) is 0 Å². The highest BCUT2D eigenvalue weighted by Crippen LogP contribution is 2.25. The van der Waals surface area contributed by atoms with Gasteiger partial charge in [-0.3, -0.25) is 4.68 Å². The number of hydrogen-bond acceptors (Lipinski definition) is 4. The van der Waals surface area contributed by atoms with E-state index in [1.807, 2.05) is 25.0 Å². The minimum atomic E-state index is 0.815. The Morgan fingerprint density at radius 3 is 2.93 bits per heavy atom. The third-order valence-electron chi connectivity index (χ3n) is 2.38. The van der Waals surface area contributed by atoms with Crippen LogP contribution >= 0.6 is 11.3 Å². The Hall–Kier alpha value is -1.20. The third kappa shape index (κ3) is 1.93. The zero-order valence-corrected chi connectivity index (χ0v) is 9.93. The van der Waals surface area contributed by atoms with Gasteiger partial charge in [-0.15, -0.1) is 11.3 Å². The van der Waals surface area contributed by atoms with Crippen LogP contribution < -0.4 is 5.32 Å². The van der Waals surface area contributed by atoms with Crippen molar-refractivity contribution in [2.24, 2.45) is 7.05 Å². The molecule has 0 radical (unpaired) electrons. The second kappa shape index (κ2) is 4.12. The first-order valence-electron chi connectivity index (χ1n) is 4.80. The van der Waals surface area contributed by atoms with Crippen molar-refractivity contribution in [3.05, 3.63) is 23.0 Å². The van der Waals surface area contributed by atoms with E-state index >= 15 is 0 Å². The molecular weight excluding hydrogens is 208 g/mol. The molecule has 0 fully saturated rings. The number of thiazole rings is 1. The molecule has 2 heterocycles. The van der Waals surface area contributed by atoms with Crippen LogP contribution in [-0.4, -0.2) is 21.8 Å². The van der Waals surface area contributed by atoms with Crippen LogP contribution in [0.25, 0.3) is 10.6 Å². The summed E-state index contributed by atoms with van der Waals surface area (Å²) in [4.78, 5) is 4.55. The lowest BCUT2D eigenvalue weighted by atomic mass is 10.3. The molecule has 15 heavy (non-hydrogen) atoms. The van der Waals surface area contributed by atoms with Crippen molar-refractivity contribution in [2.75, 3.05) is 7.05 Å². The Labute approximate surface area is 93.0 Å². The fourth-order valence-corrected chi connectivity index (χ4v) is 2.28. The Balaban J connectivity index is 2.33. The minimum Gasteiger partial charge on any atom is -0.314 e. The molecule has 4 nitrogen and oxygen atoms in total. The predicted molar refractivity (Wildman–Crippen MR) is 61.8 cm³/mol. The van der Waals surface area contributed by atoms with E-state index in [4.69, 9.17) is 0 Å². The van der Waals surface area contributed by atoms with Gasteiger partial charge in [0, 0.05) is 24.7 Å². The summed E-state index contributed by atoms with van der Waals surface area (Å²) in [6.07, 6.45) is 1.87. The van der Waals surface area contributed by atoms with E-state index in [9.17, 15) is 0 Å². The summed E-state index contributed by atoms with van der Waals surface area (Å²) < 4.78 is 1.87. The Morgan fingerprint density at radius 2 is 2.33 bits per heavy atom. The van der Waals surface area contributed by atoms with Crippen molar-refractivity contribution in [3.8, 4) is 10.6 Å². The van der Waals surface area contributed by atoms with Crippen molar-refractivity contribution in [2.45, 2.75) is 13.5 Å². The maximum Gasteiger partial charge on any atom is 0.127 e. The molecule has 0 aromatic carbocycles. The van der Waals surface area contributed by atoms with E-state index in [0.29, 0.717) is 0 Å². The van der Waals surface area contributed by atoms with Crippen LogP contribution in [0.5, 0.6) is 0 Å². The molecule has 0 spiro atoms. The first-order chi connectivity index (χ1) is 7.22. The summed E-state index contributed by atoms with van der Waals surface area (Å²) in [6, 6.07) is 0. The average molecular weight is 222 g/mol. The van der Waals surface area contributed by atoms with Crippen LogP contribution in [0.4, 0.5) is 0 Å². The average Bonchev–Trinajstić information content (AvgIpc) is 2.77. The quantitative estimate of drug-likeness (QED) is 0.857. The summed E-state index contributed by atoms with van der Waals surface area (Å²) in [6.45, 7) is 2.87. The number of nitrogens with one attached hydrogen (secondary N) is 1. The molecule has 0 bridgehead atoms. The van der Waals surface area contributed by atoms with Crippen LogP contribution in [0.3, 0.4) is 0 Å². The van der Waals surface area contributed by atoms with Gasteiger partial charge in [0.15, 0.2) is 0 Å².